The fraction of sp³-hybridized carbons (Fsp3) is 0.632. The van der Waals surface area contributed by atoms with Crippen LogP contribution in [0.3, 0.4) is 0 Å². The number of hydrogen-bond donors (Lipinski definition) is 3. The van der Waals surface area contributed by atoms with Gasteiger partial charge in [0.25, 0.3) is 0 Å². The highest BCUT2D eigenvalue weighted by Crippen LogP contribution is 2.20. The Morgan fingerprint density at radius 2 is 1.97 bits per heavy atom. The monoisotopic (exact) mass is 532 g/mol. The summed E-state index contributed by atoms with van der Waals surface area (Å²) in [4.78, 5) is 5.50. The zero-order valence-corrected chi connectivity index (χ0v) is 19.6. The van der Waals surface area contributed by atoms with Crippen molar-refractivity contribution in [1.29, 1.82) is 0 Å². The van der Waals surface area contributed by atoms with Crippen molar-refractivity contribution in [2.75, 3.05) is 39.8 Å². The average Bonchev–Trinajstić information content (AvgIpc) is 2.57. The Hall–Kier alpha value is -1.27. The van der Waals surface area contributed by atoms with Crippen LogP contribution in [0.25, 0.3) is 0 Å². The first kappa shape index (κ1) is 27.7. The lowest BCUT2D eigenvalue weighted by atomic mass is 10.1. The van der Waals surface area contributed by atoms with Gasteiger partial charge in [-0.3, -0.25) is 9.89 Å². The molecule has 1 atom stereocenters. The van der Waals surface area contributed by atoms with E-state index >= 15 is 0 Å². The standard InChI is InChI=1S/C19H31F3N4O2.HI/c1-5-23-18(24-9-10-26(4)13-19(20,21)22)25-12-17(27)15-7-6-8-16(11-15)28-14(2)3;/h6-8,11,14,17,27H,5,9-10,12-13H2,1-4H3,(H2,23,24,25);1H. The number of benzene rings is 1. The van der Waals surface area contributed by atoms with Crippen LogP contribution in [0.2, 0.25) is 0 Å². The van der Waals surface area contributed by atoms with Crippen molar-refractivity contribution in [3.05, 3.63) is 29.8 Å². The number of rotatable bonds is 10. The van der Waals surface area contributed by atoms with E-state index in [-0.39, 0.29) is 43.2 Å². The highest BCUT2D eigenvalue weighted by atomic mass is 127. The van der Waals surface area contributed by atoms with Gasteiger partial charge in [0.05, 0.1) is 25.3 Å². The first-order chi connectivity index (χ1) is 13.1. The van der Waals surface area contributed by atoms with Gasteiger partial charge in [0.1, 0.15) is 5.75 Å². The fourth-order valence-corrected chi connectivity index (χ4v) is 2.44. The number of aliphatic hydroxyl groups excluding tert-OH is 1. The van der Waals surface area contributed by atoms with Crippen LogP contribution < -0.4 is 15.4 Å². The molecule has 0 bridgehead atoms. The van der Waals surface area contributed by atoms with Crippen LogP contribution in [-0.2, 0) is 0 Å². The third-order valence-corrected chi connectivity index (χ3v) is 3.62. The van der Waals surface area contributed by atoms with Crippen molar-refractivity contribution in [2.24, 2.45) is 4.99 Å². The molecule has 1 rings (SSSR count). The third kappa shape index (κ3) is 12.8. The Kier molecular flexibility index (Phi) is 13.3. The number of nitrogens with zero attached hydrogens (tertiary/aromatic N) is 2. The first-order valence-corrected chi connectivity index (χ1v) is 9.33. The van der Waals surface area contributed by atoms with Crippen LogP contribution >= 0.6 is 24.0 Å². The number of halogens is 4. The van der Waals surface area contributed by atoms with Gasteiger partial charge in [-0.15, -0.1) is 24.0 Å². The second kappa shape index (κ2) is 13.9. The molecule has 0 saturated carbocycles. The fourth-order valence-electron chi connectivity index (χ4n) is 2.44. The predicted molar refractivity (Wildman–Crippen MR) is 120 cm³/mol. The van der Waals surface area contributed by atoms with Crippen molar-refractivity contribution in [3.63, 3.8) is 0 Å². The summed E-state index contributed by atoms with van der Waals surface area (Å²) in [5.41, 5.74) is 0.683. The number of alkyl halides is 3. The number of nitrogens with one attached hydrogen (secondary N) is 2. The third-order valence-electron chi connectivity index (χ3n) is 3.62. The normalized spacial score (nSPS) is 13.2. The van der Waals surface area contributed by atoms with Gasteiger partial charge < -0.3 is 20.5 Å². The zero-order valence-electron chi connectivity index (χ0n) is 17.3. The molecule has 0 amide bonds. The Bertz CT molecular complexity index is 615. The molecule has 10 heteroatoms. The summed E-state index contributed by atoms with van der Waals surface area (Å²) in [7, 11) is 1.41. The summed E-state index contributed by atoms with van der Waals surface area (Å²) >= 11 is 0. The quantitative estimate of drug-likeness (QED) is 0.246. The molecule has 1 unspecified atom stereocenters. The van der Waals surface area contributed by atoms with Gasteiger partial charge in [-0.05, 0) is 45.5 Å². The van der Waals surface area contributed by atoms with E-state index < -0.39 is 18.8 Å². The molecule has 3 N–H and O–H groups in total. The Morgan fingerprint density at radius 3 is 2.55 bits per heavy atom. The van der Waals surface area contributed by atoms with Crippen molar-refractivity contribution in [1.82, 2.24) is 15.5 Å². The lowest BCUT2D eigenvalue weighted by Gasteiger charge is -2.19. The highest BCUT2D eigenvalue weighted by Gasteiger charge is 2.28. The van der Waals surface area contributed by atoms with E-state index in [0.717, 1.165) is 0 Å². The van der Waals surface area contributed by atoms with Crippen molar-refractivity contribution in [3.8, 4) is 5.75 Å². The smallest absolute Gasteiger partial charge is 0.401 e. The highest BCUT2D eigenvalue weighted by molar-refractivity contribution is 14.0. The molecule has 0 aromatic heterocycles. The van der Waals surface area contributed by atoms with Crippen LogP contribution in [-0.4, -0.2) is 68.0 Å². The van der Waals surface area contributed by atoms with Gasteiger partial charge in [-0.25, -0.2) is 0 Å². The van der Waals surface area contributed by atoms with Crippen molar-refractivity contribution >= 4 is 29.9 Å². The number of hydrogen-bond acceptors (Lipinski definition) is 4. The van der Waals surface area contributed by atoms with Gasteiger partial charge in [0, 0.05) is 19.6 Å². The molecule has 0 aliphatic heterocycles. The second-order valence-electron chi connectivity index (χ2n) is 6.75. The van der Waals surface area contributed by atoms with E-state index in [0.29, 0.717) is 30.4 Å². The van der Waals surface area contributed by atoms with Gasteiger partial charge >= 0.3 is 6.18 Å². The number of aliphatic hydroxyl groups is 1. The molecule has 0 saturated heterocycles. The van der Waals surface area contributed by atoms with E-state index in [1.165, 1.54) is 11.9 Å². The van der Waals surface area contributed by atoms with Crippen LogP contribution in [0.5, 0.6) is 5.75 Å². The van der Waals surface area contributed by atoms with Crippen LogP contribution in [0.15, 0.2) is 29.3 Å². The van der Waals surface area contributed by atoms with Crippen LogP contribution in [0.1, 0.15) is 32.4 Å². The average molecular weight is 532 g/mol. The van der Waals surface area contributed by atoms with Gasteiger partial charge in [-0.1, -0.05) is 12.1 Å². The Morgan fingerprint density at radius 1 is 1.28 bits per heavy atom. The molecule has 6 nitrogen and oxygen atoms in total. The van der Waals surface area contributed by atoms with E-state index in [1.807, 2.05) is 26.8 Å². The van der Waals surface area contributed by atoms with E-state index in [4.69, 9.17) is 4.74 Å². The largest absolute Gasteiger partial charge is 0.491 e. The van der Waals surface area contributed by atoms with Gasteiger partial charge in [0.15, 0.2) is 5.96 Å². The summed E-state index contributed by atoms with van der Waals surface area (Å²) in [6.07, 6.45) is -5.00. The summed E-state index contributed by atoms with van der Waals surface area (Å²) in [5.74, 6) is 1.12. The molecule has 0 spiro atoms. The molecule has 168 valence electrons. The van der Waals surface area contributed by atoms with E-state index in [2.05, 4.69) is 15.6 Å². The maximum Gasteiger partial charge on any atom is 0.401 e. The minimum absolute atomic E-state index is 0. The molecule has 0 aliphatic rings. The SMILES string of the molecule is CCNC(=NCC(O)c1cccc(OC(C)C)c1)NCCN(C)CC(F)(F)F.I. The predicted octanol–water partition coefficient (Wildman–Crippen LogP) is 3.17. The molecule has 1 aromatic carbocycles. The molecular weight excluding hydrogens is 500 g/mol. The maximum atomic E-state index is 12.3. The Balaban J connectivity index is 0.00000784. The van der Waals surface area contributed by atoms with E-state index in [1.54, 1.807) is 18.2 Å². The molecule has 1 aromatic rings. The topological polar surface area (TPSA) is 69.1 Å². The zero-order chi connectivity index (χ0) is 21.2. The minimum Gasteiger partial charge on any atom is -0.491 e. The van der Waals surface area contributed by atoms with Gasteiger partial charge in [-0.2, -0.15) is 13.2 Å². The Labute approximate surface area is 187 Å². The van der Waals surface area contributed by atoms with E-state index in [9.17, 15) is 18.3 Å². The first-order valence-electron chi connectivity index (χ1n) is 9.33. The summed E-state index contributed by atoms with van der Waals surface area (Å²) in [5, 5.41) is 16.4. The van der Waals surface area contributed by atoms with Gasteiger partial charge in [0.2, 0.25) is 0 Å². The molecular formula is C19H32F3IN4O2. The second-order valence-corrected chi connectivity index (χ2v) is 6.75. The molecule has 0 heterocycles. The number of aliphatic imine (C=N–C) groups is 1. The lowest BCUT2D eigenvalue weighted by molar-refractivity contribution is -0.142. The lowest BCUT2D eigenvalue weighted by Crippen LogP contribution is -2.42. The number of likely N-dealkylation sites (N-methyl/N-ethyl adjacent to an activating group) is 1. The van der Waals surface area contributed by atoms with Crippen LogP contribution in [0.4, 0.5) is 13.2 Å². The molecule has 0 radical (unpaired) electrons. The van der Waals surface area contributed by atoms with Crippen molar-refractivity contribution in [2.45, 2.75) is 39.2 Å². The summed E-state index contributed by atoms with van der Waals surface area (Å²) in [6.45, 7) is 5.98. The molecule has 29 heavy (non-hydrogen) atoms. The molecule has 0 aliphatic carbocycles. The maximum absolute atomic E-state index is 12.3. The minimum atomic E-state index is -4.22. The summed E-state index contributed by atoms with van der Waals surface area (Å²) in [6, 6.07) is 7.19. The van der Waals surface area contributed by atoms with Crippen molar-refractivity contribution < 1.29 is 23.0 Å². The number of ether oxygens (including phenoxy) is 1. The summed E-state index contributed by atoms with van der Waals surface area (Å²) < 4.78 is 42.7. The molecule has 0 fully saturated rings. The number of guanidine groups is 1. The van der Waals surface area contributed by atoms with Crippen LogP contribution in [0, 0.1) is 0 Å².